The molecule has 1 fully saturated rings. The number of imide groups is 1. The van der Waals surface area contributed by atoms with Crippen molar-refractivity contribution in [2.75, 3.05) is 6.54 Å². The first-order valence-electron chi connectivity index (χ1n) is 5.91. The molecule has 1 atom stereocenters. The predicted molar refractivity (Wildman–Crippen MR) is 69.0 cm³/mol. The van der Waals surface area contributed by atoms with E-state index in [4.69, 9.17) is 0 Å². The van der Waals surface area contributed by atoms with Crippen molar-refractivity contribution < 1.29 is 22.8 Å². The van der Waals surface area contributed by atoms with Crippen LogP contribution in [0, 0.1) is 5.92 Å². The summed E-state index contributed by atoms with van der Waals surface area (Å²) >= 11 is 3.05. The third-order valence-electron chi connectivity index (χ3n) is 3.09. The average Bonchev–Trinajstić information content (AvgIpc) is 2.66. The van der Waals surface area contributed by atoms with E-state index in [2.05, 4.69) is 15.9 Å². The molecule has 0 aromatic heterocycles. The van der Waals surface area contributed by atoms with Crippen molar-refractivity contribution in [3.8, 4) is 0 Å². The number of carbonyl (C=O) groups is 2. The molecule has 20 heavy (non-hydrogen) atoms. The normalized spacial score (nSPS) is 19.6. The van der Waals surface area contributed by atoms with Gasteiger partial charge in [-0.15, -0.1) is 0 Å². The van der Waals surface area contributed by atoms with Crippen molar-refractivity contribution in [3.63, 3.8) is 0 Å². The molecule has 0 saturated carbocycles. The zero-order valence-electron chi connectivity index (χ0n) is 10.5. The number of benzene rings is 1. The Bertz CT molecular complexity index is 571. The fourth-order valence-corrected chi connectivity index (χ4v) is 2.51. The van der Waals surface area contributed by atoms with Gasteiger partial charge in [-0.25, -0.2) is 0 Å². The van der Waals surface area contributed by atoms with E-state index in [0.29, 0.717) is 0 Å². The summed E-state index contributed by atoms with van der Waals surface area (Å²) in [5, 5.41) is 0. The summed E-state index contributed by atoms with van der Waals surface area (Å²) in [7, 11) is 0. The monoisotopic (exact) mass is 349 g/mol. The molecule has 1 aliphatic rings. The Morgan fingerprint density at radius 2 is 2.05 bits per heavy atom. The van der Waals surface area contributed by atoms with E-state index < -0.39 is 17.6 Å². The lowest BCUT2D eigenvalue weighted by molar-refractivity contribution is -0.137. The first-order chi connectivity index (χ1) is 9.20. The maximum Gasteiger partial charge on any atom is 0.416 e. The smallest absolute Gasteiger partial charge is 0.278 e. The highest BCUT2D eigenvalue weighted by Gasteiger charge is 2.35. The van der Waals surface area contributed by atoms with Gasteiger partial charge in [0.15, 0.2) is 0 Å². The van der Waals surface area contributed by atoms with Crippen LogP contribution in [0.2, 0.25) is 0 Å². The minimum absolute atomic E-state index is 0.0241. The van der Waals surface area contributed by atoms with Crippen LogP contribution in [0.15, 0.2) is 22.7 Å². The van der Waals surface area contributed by atoms with E-state index in [-0.39, 0.29) is 34.8 Å². The van der Waals surface area contributed by atoms with Crippen LogP contribution in [-0.2, 0) is 11.0 Å². The van der Waals surface area contributed by atoms with Crippen molar-refractivity contribution in [3.05, 3.63) is 33.8 Å². The Kier molecular flexibility index (Phi) is 3.90. The van der Waals surface area contributed by atoms with Crippen LogP contribution in [0.4, 0.5) is 13.2 Å². The second-order valence-corrected chi connectivity index (χ2v) is 5.67. The van der Waals surface area contributed by atoms with Gasteiger partial charge in [0.05, 0.1) is 11.1 Å². The first kappa shape index (κ1) is 15.0. The van der Waals surface area contributed by atoms with Gasteiger partial charge >= 0.3 is 6.18 Å². The standard InChI is InChI=1S/C13H11BrF3NO2/c1-7-4-11(19)18(6-7)12(20)9-5-8(13(15,16)17)2-3-10(9)14/h2-3,5,7H,4,6H2,1H3. The molecule has 0 bridgehead atoms. The molecule has 3 nitrogen and oxygen atoms in total. The molecular formula is C13H11BrF3NO2. The van der Waals surface area contributed by atoms with Gasteiger partial charge in [0.2, 0.25) is 5.91 Å². The molecule has 0 radical (unpaired) electrons. The van der Waals surface area contributed by atoms with Crippen molar-refractivity contribution >= 4 is 27.7 Å². The highest BCUT2D eigenvalue weighted by molar-refractivity contribution is 9.10. The number of alkyl halides is 3. The topological polar surface area (TPSA) is 37.4 Å². The molecule has 7 heteroatoms. The molecule has 0 aliphatic carbocycles. The lowest BCUT2D eigenvalue weighted by Crippen LogP contribution is -2.32. The van der Waals surface area contributed by atoms with Gasteiger partial charge in [-0.2, -0.15) is 13.2 Å². The zero-order chi connectivity index (χ0) is 15.1. The minimum atomic E-state index is -4.53. The number of hydrogen-bond acceptors (Lipinski definition) is 2. The molecule has 2 rings (SSSR count). The van der Waals surface area contributed by atoms with Gasteiger partial charge in [0, 0.05) is 17.4 Å². The van der Waals surface area contributed by atoms with E-state index in [1.54, 1.807) is 0 Å². The average molecular weight is 350 g/mol. The summed E-state index contributed by atoms with van der Waals surface area (Å²) in [4.78, 5) is 24.9. The summed E-state index contributed by atoms with van der Waals surface area (Å²) in [5.41, 5.74) is -1.06. The third-order valence-corrected chi connectivity index (χ3v) is 3.78. The van der Waals surface area contributed by atoms with Gasteiger partial charge in [-0.3, -0.25) is 14.5 Å². The van der Waals surface area contributed by atoms with Crippen molar-refractivity contribution in [2.45, 2.75) is 19.5 Å². The van der Waals surface area contributed by atoms with Crippen LogP contribution >= 0.6 is 15.9 Å². The summed E-state index contributed by atoms with van der Waals surface area (Å²) in [6.45, 7) is 2.05. The Morgan fingerprint density at radius 3 is 2.55 bits per heavy atom. The maximum atomic E-state index is 12.7. The second-order valence-electron chi connectivity index (χ2n) is 4.81. The number of rotatable bonds is 1. The Morgan fingerprint density at radius 1 is 1.40 bits per heavy atom. The van der Waals surface area contributed by atoms with Crippen molar-refractivity contribution in [2.24, 2.45) is 5.92 Å². The summed E-state index contributed by atoms with van der Waals surface area (Å²) in [5.74, 6) is -1.03. The highest BCUT2D eigenvalue weighted by atomic mass is 79.9. The molecule has 1 saturated heterocycles. The molecule has 1 aromatic carbocycles. The van der Waals surface area contributed by atoms with E-state index in [0.717, 1.165) is 17.0 Å². The first-order valence-corrected chi connectivity index (χ1v) is 6.71. The van der Waals surface area contributed by atoms with Crippen LogP contribution in [0.25, 0.3) is 0 Å². The minimum Gasteiger partial charge on any atom is -0.278 e. The van der Waals surface area contributed by atoms with E-state index >= 15 is 0 Å². The van der Waals surface area contributed by atoms with Crippen LogP contribution in [0.3, 0.4) is 0 Å². The number of amides is 2. The predicted octanol–water partition coefficient (Wildman–Crippen LogP) is 3.48. The lowest BCUT2D eigenvalue weighted by atomic mass is 10.1. The van der Waals surface area contributed by atoms with E-state index in [1.165, 1.54) is 6.07 Å². The summed E-state index contributed by atoms with van der Waals surface area (Å²) in [6, 6.07) is 2.82. The van der Waals surface area contributed by atoms with Crippen LogP contribution < -0.4 is 0 Å². The number of hydrogen-bond donors (Lipinski definition) is 0. The van der Waals surface area contributed by atoms with Crippen molar-refractivity contribution in [1.29, 1.82) is 0 Å². The van der Waals surface area contributed by atoms with Crippen LogP contribution in [0.1, 0.15) is 29.3 Å². The van der Waals surface area contributed by atoms with Crippen molar-refractivity contribution in [1.82, 2.24) is 4.90 Å². The molecule has 0 spiro atoms. The molecule has 108 valence electrons. The molecule has 1 aliphatic heterocycles. The molecule has 2 amide bonds. The summed E-state index contributed by atoms with van der Waals surface area (Å²) in [6.07, 6.45) is -4.29. The quantitative estimate of drug-likeness (QED) is 0.728. The van der Waals surface area contributed by atoms with Gasteiger partial charge in [0.1, 0.15) is 0 Å². The second kappa shape index (κ2) is 5.20. The number of carbonyl (C=O) groups excluding carboxylic acids is 2. The number of nitrogens with zero attached hydrogens (tertiary/aromatic N) is 1. The molecule has 1 aromatic rings. The fraction of sp³-hybridized carbons (Fsp3) is 0.385. The van der Waals surface area contributed by atoms with E-state index in [9.17, 15) is 22.8 Å². The molecule has 0 N–H and O–H groups in total. The zero-order valence-corrected chi connectivity index (χ0v) is 12.1. The Hall–Kier alpha value is -1.37. The summed E-state index contributed by atoms with van der Waals surface area (Å²) < 4.78 is 38.3. The van der Waals surface area contributed by atoms with Crippen LogP contribution in [0.5, 0.6) is 0 Å². The van der Waals surface area contributed by atoms with Crippen LogP contribution in [-0.4, -0.2) is 23.3 Å². The van der Waals surface area contributed by atoms with Gasteiger partial charge in [0.25, 0.3) is 5.91 Å². The fourth-order valence-electron chi connectivity index (χ4n) is 2.09. The SMILES string of the molecule is CC1CC(=O)N(C(=O)c2cc(C(F)(F)F)ccc2Br)C1. The molecule has 1 heterocycles. The van der Waals surface area contributed by atoms with Gasteiger partial charge < -0.3 is 0 Å². The highest BCUT2D eigenvalue weighted by Crippen LogP contribution is 2.33. The Balaban J connectivity index is 2.37. The van der Waals surface area contributed by atoms with Gasteiger partial charge in [-0.1, -0.05) is 6.92 Å². The molecule has 1 unspecified atom stereocenters. The number of halogens is 4. The third kappa shape index (κ3) is 2.87. The lowest BCUT2D eigenvalue weighted by Gasteiger charge is -2.16. The van der Waals surface area contributed by atoms with E-state index in [1.807, 2.05) is 6.92 Å². The number of likely N-dealkylation sites (tertiary alicyclic amines) is 1. The molecular weight excluding hydrogens is 339 g/mol. The van der Waals surface area contributed by atoms with Gasteiger partial charge in [-0.05, 0) is 40.0 Å². The largest absolute Gasteiger partial charge is 0.416 e. The maximum absolute atomic E-state index is 12.7. The Labute approximate surface area is 121 Å².